The largest absolute Gasteiger partial charge is 0.504 e. The van der Waals surface area contributed by atoms with Crippen LogP contribution >= 0.6 is 0 Å². The number of para-hydroxylation sites is 1. The molecule has 108 valence electrons. The lowest BCUT2D eigenvalue weighted by molar-refractivity contribution is -0.117. The number of Topliss-reactive ketones (excluding diaryl/α,β-unsaturated/α-hetero) is 1. The molecule has 1 amide bonds. The van der Waals surface area contributed by atoms with Crippen molar-refractivity contribution < 1.29 is 19.4 Å². The topological polar surface area (TPSA) is 66.8 Å². The van der Waals surface area contributed by atoms with Crippen LogP contribution in [0.3, 0.4) is 0 Å². The SMILES string of the molecule is COc1cccc(C(=O)N2CCCC2CC(C)=O)c1O. The average Bonchev–Trinajstić information content (AvgIpc) is 2.85. The molecule has 1 aliphatic rings. The summed E-state index contributed by atoms with van der Waals surface area (Å²) in [5, 5.41) is 10.0. The number of ketones is 1. The Bertz CT molecular complexity index is 527. The Morgan fingerprint density at radius 3 is 2.85 bits per heavy atom. The highest BCUT2D eigenvalue weighted by Crippen LogP contribution is 2.32. The van der Waals surface area contributed by atoms with E-state index in [0.717, 1.165) is 12.8 Å². The van der Waals surface area contributed by atoms with E-state index in [1.807, 2.05) is 0 Å². The maximum absolute atomic E-state index is 12.5. The summed E-state index contributed by atoms with van der Waals surface area (Å²) in [5.41, 5.74) is 0.222. The van der Waals surface area contributed by atoms with E-state index in [9.17, 15) is 14.7 Å². The second kappa shape index (κ2) is 5.94. The van der Waals surface area contributed by atoms with Crippen molar-refractivity contribution in [3.05, 3.63) is 23.8 Å². The van der Waals surface area contributed by atoms with E-state index in [1.54, 1.807) is 23.1 Å². The van der Waals surface area contributed by atoms with Crippen LogP contribution in [0.4, 0.5) is 0 Å². The summed E-state index contributed by atoms with van der Waals surface area (Å²) in [7, 11) is 1.44. The van der Waals surface area contributed by atoms with Crippen LogP contribution in [-0.2, 0) is 4.79 Å². The number of hydrogen-bond donors (Lipinski definition) is 1. The summed E-state index contributed by atoms with van der Waals surface area (Å²) in [6.07, 6.45) is 2.08. The molecule has 0 saturated carbocycles. The molecule has 0 spiro atoms. The number of ether oxygens (including phenoxy) is 1. The van der Waals surface area contributed by atoms with Crippen molar-refractivity contribution in [2.75, 3.05) is 13.7 Å². The zero-order chi connectivity index (χ0) is 14.7. The number of aromatic hydroxyl groups is 1. The second-order valence-electron chi connectivity index (χ2n) is 5.06. The highest BCUT2D eigenvalue weighted by atomic mass is 16.5. The van der Waals surface area contributed by atoms with Gasteiger partial charge in [-0.15, -0.1) is 0 Å². The fourth-order valence-corrected chi connectivity index (χ4v) is 2.66. The summed E-state index contributed by atoms with van der Waals surface area (Å²) in [5.74, 6) is -0.0404. The fraction of sp³-hybridized carbons (Fsp3) is 0.467. The van der Waals surface area contributed by atoms with Crippen molar-refractivity contribution in [3.63, 3.8) is 0 Å². The van der Waals surface area contributed by atoms with Crippen molar-refractivity contribution in [2.45, 2.75) is 32.2 Å². The second-order valence-corrected chi connectivity index (χ2v) is 5.06. The molecule has 0 radical (unpaired) electrons. The molecule has 1 atom stereocenters. The summed E-state index contributed by atoms with van der Waals surface area (Å²) in [6, 6.07) is 4.78. The molecule has 1 N–H and O–H groups in total. The van der Waals surface area contributed by atoms with Crippen LogP contribution in [0.15, 0.2) is 18.2 Å². The van der Waals surface area contributed by atoms with Crippen molar-refractivity contribution in [3.8, 4) is 11.5 Å². The van der Waals surface area contributed by atoms with E-state index in [2.05, 4.69) is 0 Å². The first-order valence-electron chi connectivity index (χ1n) is 6.71. The Morgan fingerprint density at radius 1 is 1.45 bits per heavy atom. The van der Waals surface area contributed by atoms with Gasteiger partial charge in [0, 0.05) is 19.0 Å². The summed E-state index contributed by atoms with van der Waals surface area (Å²) >= 11 is 0. The lowest BCUT2D eigenvalue weighted by atomic mass is 10.1. The molecule has 20 heavy (non-hydrogen) atoms. The van der Waals surface area contributed by atoms with Crippen LogP contribution in [0, 0.1) is 0 Å². The molecule has 1 heterocycles. The molecule has 0 aliphatic carbocycles. The van der Waals surface area contributed by atoms with Crippen LogP contribution in [-0.4, -0.2) is 41.4 Å². The molecule has 5 heteroatoms. The Hall–Kier alpha value is -2.04. The summed E-state index contributed by atoms with van der Waals surface area (Å²) < 4.78 is 5.01. The van der Waals surface area contributed by atoms with E-state index in [4.69, 9.17) is 4.74 Å². The predicted molar refractivity (Wildman–Crippen MR) is 74.0 cm³/mol. The Kier molecular flexibility index (Phi) is 4.27. The van der Waals surface area contributed by atoms with E-state index in [-0.39, 0.29) is 34.8 Å². The highest BCUT2D eigenvalue weighted by Gasteiger charge is 2.31. The van der Waals surface area contributed by atoms with Gasteiger partial charge in [-0.3, -0.25) is 9.59 Å². The van der Waals surface area contributed by atoms with Crippen LogP contribution in [0.5, 0.6) is 11.5 Å². The van der Waals surface area contributed by atoms with Gasteiger partial charge in [0.25, 0.3) is 5.91 Å². The number of carbonyl (C=O) groups is 2. The minimum absolute atomic E-state index is 0.0643. The molecule has 1 unspecified atom stereocenters. The number of rotatable bonds is 4. The first-order chi connectivity index (χ1) is 9.54. The lowest BCUT2D eigenvalue weighted by Crippen LogP contribution is -2.36. The zero-order valence-corrected chi connectivity index (χ0v) is 11.8. The van der Waals surface area contributed by atoms with Crippen molar-refractivity contribution >= 4 is 11.7 Å². The van der Waals surface area contributed by atoms with Gasteiger partial charge in [-0.1, -0.05) is 6.07 Å². The number of carbonyl (C=O) groups excluding carboxylic acids is 2. The van der Waals surface area contributed by atoms with Gasteiger partial charge >= 0.3 is 0 Å². The van der Waals surface area contributed by atoms with Gasteiger partial charge in [-0.25, -0.2) is 0 Å². The highest BCUT2D eigenvalue weighted by molar-refractivity contribution is 5.98. The van der Waals surface area contributed by atoms with Crippen molar-refractivity contribution in [2.24, 2.45) is 0 Å². The monoisotopic (exact) mass is 277 g/mol. The number of likely N-dealkylation sites (tertiary alicyclic amines) is 1. The number of benzene rings is 1. The Labute approximate surface area is 118 Å². The number of phenols is 1. The first kappa shape index (κ1) is 14.4. The molecule has 2 rings (SSSR count). The number of hydrogen-bond acceptors (Lipinski definition) is 4. The van der Waals surface area contributed by atoms with Crippen LogP contribution in [0.25, 0.3) is 0 Å². The molecule has 1 aromatic carbocycles. The normalized spacial score (nSPS) is 18.1. The fourth-order valence-electron chi connectivity index (χ4n) is 2.66. The minimum atomic E-state index is -0.245. The summed E-state index contributed by atoms with van der Waals surface area (Å²) in [6.45, 7) is 2.15. The maximum Gasteiger partial charge on any atom is 0.258 e. The standard InChI is InChI=1S/C15H19NO4/c1-10(17)9-11-5-4-8-16(11)15(19)12-6-3-7-13(20-2)14(12)18/h3,6-7,11,18H,4-5,8-9H2,1-2H3. The molecule has 0 bridgehead atoms. The predicted octanol–water partition coefficient (Wildman–Crippen LogP) is 1.98. The molecule has 1 aromatic rings. The number of phenolic OH excluding ortho intramolecular Hbond substituents is 1. The van der Waals surface area contributed by atoms with Crippen LogP contribution in [0.1, 0.15) is 36.5 Å². The van der Waals surface area contributed by atoms with Crippen molar-refractivity contribution in [1.29, 1.82) is 0 Å². The zero-order valence-electron chi connectivity index (χ0n) is 11.8. The minimum Gasteiger partial charge on any atom is -0.504 e. The van der Waals surface area contributed by atoms with Gasteiger partial charge < -0.3 is 14.7 Å². The van der Waals surface area contributed by atoms with Crippen LogP contribution in [0.2, 0.25) is 0 Å². The lowest BCUT2D eigenvalue weighted by Gasteiger charge is -2.24. The average molecular weight is 277 g/mol. The maximum atomic E-state index is 12.5. The van der Waals surface area contributed by atoms with Gasteiger partial charge in [-0.2, -0.15) is 0 Å². The third-order valence-corrected chi connectivity index (χ3v) is 3.61. The summed E-state index contributed by atoms with van der Waals surface area (Å²) in [4.78, 5) is 25.5. The molecule has 1 saturated heterocycles. The smallest absolute Gasteiger partial charge is 0.258 e. The molecule has 1 aliphatic heterocycles. The quantitative estimate of drug-likeness (QED) is 0.914. The van der Waals surface area contributed by atoms with E-state index in [0.29, 0.717) is 13.0 Å². The van der Waals surface area contributed by atoms with Crippen LogP contribution < -0.4 is 4.74 Å². The van der Waals surface area contributed by atoms with Gasteiger partial charge in [0.05, 0.1) is 12.7 Å². The molecular formula is C15H19NO4. The van der Waals surface area contributed by atoms with Crippen molar-refractivity contribution in [1.82, 2.24) is 4.90 Å². The molecule has 0 aromatic heterocycles. The number of nitrogens with zero attached hydrogens (tertiary/aromatic N) is 1. The van der Waals surface area contributed by atoms with E-state index >= 15 is 0 Å². The Morgan fingerprint density at radius 2 is 2.20 bits per heavy atom. The van der Waals surface area contributed by atoms with E-state index < -0.39 is 0 Å². The first-order valence-corrected chi connectivity index (χ1v) is 6.71. The van der Waals surface area contributed by atoms with E-state index in [1.165, 1.54) is 14.0 Å². The Balaban J connectivity index is 2.24. The third kappa shape index (κ3) is 2.76. The third-order valence-electron chi connectivity index (χ3n) is 3.61. The van der Waals surface area contributed by atoms with Gasteiger partial charge in [0.15, 0.2) is 11.5 Å². The molecule has 1 fully saturated rings. The van der Waals surface area contributed by atoms with Gasteiger partial charge in [0.2, 0.25) is 0 Å². The number of amides is 1. The molecular weight excluding hydrogens is 258 g/mol. The van der Waals surface area contributed by atoms with Gasteiger partial charge in [-0.05, 0) is 31.9 Å². The number of methoxy groups -OCH3 is 1. The molecule has 5 nitrogen and oxygen atoms in total. The van der Waals surface area contributed by atoms with Gasteiger partial charge in [0.1, 0.15) is 5.78 Å².